The smallest absolute Gasteiger partial charge is 0.229 e. The zero-order chi connectivity index (χ0) is 23.0. The number of ether oxygens (including phenoxy) is 3. The average molecular weight is 451 g/mol. The van der Waals surface area contributed by atoms with Gasteiger partial charge in [-0.15, -0.1) is 0 Å². The van der Waals surface area contributed by atoms with Gasteiger partial charge in [0, 0.05) is 31.4 Å². The first kappa shape index (κ1) is 22.7. The molecule has 0 spiro atoms. The average Bonchev–Trinajstić information content (AvgIpc) is 3.30. The molecule has 1 N–H and O–H groups in total. The lowest BCUT2D eigenvalue weighted by atomic mass is 10.2. The minimum absolute atomic E-state index is 0.148. The molecule has 3 aromatic rings. The number of carbonyl (C=O) groups excluding carboxylic acids is 1. The number of benzene rings is 2. The number of amides is 1. The van der Waals surface area contributed by atoms with Crippen molar-refractivity contribution in [3.63, 3.8) is 0 Å². The van der Waals surface area contributed by atoms with Gasteiger partial charge in [0.2, 0.25) is 5.91 Å². The lowest BCUT2D eigenvalue weighted by molar-refractivity contribution is -0.115. The molecule has 4 rings (SSSR count). The van der Waals surface area contributed by atoms with Crippen molar-refractivity contribution in [1.82, 2.24) is 9.78 Å². The van der Waals surface area contributed by atoms with Crippen LogP contribution in [0.15, 0.2) is 54.9 Å². The predicted molar refractivity (Wildman–Crippen MR) is 128 cm³/mol. The van der Waals surface area contributed by atoms with Crippen molar-refractivity contribution in [3.05, 3.63) is 60.4 Å². The summed E-state index contributed by atoms with van der Waals surface area (Å²) in [6.07, 6.45) is 3.78. The summed E-state index contributed by atoms with van der Waals surface area (Å²) in [5, 5.41) is 7.37. The van der Waals surface area contributed by atoms with Gasteiger partial charge in [-0.05, 0) is 31.5 Å². The van der Waals surface area contributed by atoms with E-state index >= 15 is 0 Å². The van der Waals surface area contributed by atoms with Gasteiger partial charge >= 0.3 is 0 Å². The summed E-state index contributed by atoms with van der Waals surface area (Å²) in [6, 6.07) is 13.6. The molecule has 0 saturated carbocycles. The highest BCUT2D eigenvalue weighted by Gasteiger charge is 2.20. The molecule has 2 aromatic carbocycles. The molecular formula is C25H30N4O4. The molecule has 0 bridgehead atoms. The van der Waals surface area contributed by atoms with Gasteiger partial charge in [0.15, 0.2) is 0 Å². The quantitative estimate of drug-likeness (QED) is 0.536. The van der Waals surface area contributed by atoms with E-state index in [1.54, 1.807) is 10.9 Å². The minimum Gasteiger partial charge on any atom is -0.492 e. The van der Waals surface area contributed by atoms with Crippen LogP contribution in [0.25, 0.3) is 5.69 Å². The number of nitrogens with zero attached hydrogens (tertiary/aromatic N) is 3. The van der Waals surface area contributed by atoms with Crippen LogP contribution in [-0.2, 0) is 16.0 Å². The Balaban J connectivity index is 1.53. The van der Waals surface area contributed by atoms with Crippen molar-refractivity contribution in [3.8, 4) is 17.2 Å². The lowest BCUT2D eigenvalue weighted by Crippen LogP contribution is -2.36. The van der Waals surface area contributed by atoms with E-state index in [-0.39, 0.29) is 12.3 Å². The number of morpholine rings is 1. The van der Waals surface area contributed by atoms with Gasteiger partial charge in [0.05, 0.1) is 56.1 Å². The monoisotopic (exact) mass is 450 g/mol. The highest BCUT2D eigenvalue weighted by molar-refractivity contribution is 5.94. The molecule has 1 aliphatic heterocycles. The molecule has 1 aromatic heterocycles. The molecular weight excluding hydrogens is 420 g/mol. The van der Waals surface area contributed by atoms with Crippen LogP contribution in [0.1, 0.15) is 19.4 Å². The van der Waals surface area contributed by atoms with Gasteiger partial charge < -0.3 is 24.4 Å². The Labute approximate surface area is 194 Å². The molecule has 1 saturated heterocycles. The molecule has 1 aliphatic rings. The maximum Gasteiger partial charge on any atom is 0.229 e. The van der Waals surface area contributed by atoms with Crippen molar-refractivity contribution in [2.75, 3.05) is 49.7 Å². The first-order valence-corrected chi connectivity index (χ1v) is 11.3. The van der Waals surface area contributed by atoms with Crippen LogP contribution in [0.2, 0.25) is 0 Å². The molecule has 8 nitrogen and oxygen atoms in total. The van der Waals surface area contributed by atoms with Crippen molar-refractivity contribution < 1.29 is 19.0 Å². The fourth-order valence-corrected chi connectivity index (χ4v) is 3.80. The van der Waals surface area contributed by atoms with Crippen molar-refractivity contribution in [2.24, 2.45) is 0 Å². The van der Waals surface area contributed by atoms with Gasteiger partial charge in [0.25, 0.3) is 0 Å². The Bertz CT molecular complexity index is 1060. The summed E-state index contributed by atoms with van der Waals surface area (Å²) in [5.41, 5.74) is 3.32. The first-order chi connectivity index (χ1) is 16.2. The van der Waals surface area contributed by atoms with E-state index in [9.17, 15) is 4.79 Å². The molecule has 8 heteroatoms. The van der Waals surface area contributed by atoms with Gasteiger partial charge in [-0.2, -0.15) is 5.10 Å². The van der Waals surface area contributed by atoms with Crippen LogP contribution in [-0.4, -0.2) is 55.2 Å². The van der Waals surface area contributed by atoms with E-state index in [2.05, 4.69) is 15.3 Å². The molecule has 2 heterocycles. The second kappa shape index (κ2) is 10.9. The van der Waals surface area contributed by atoms with E-state index in [1.807, 2.05) is 62.5 Å². The van der Waals surface area contributed by atoms with Crippen LogP contribution >= 0.6 is 0 Å². The van der Waals surface area contributed by atoms with Gasteiger partial charge in [-0.25, -0.2) is 4.68 Å². The summed E-state index contributed by atoms with van der Waals surface area (Å²) < 4.78 is 19.0. The molecule has 0 unspecified atom stereocenters. The van der Waals surface area contributed by atoms with Crippen LogP contribution in [0.5, 0.6) is 11.5 Å². The second-order valence-electron chi connectivity index (χ2n) is 7.64. The number of anilines is 2. The number of hydrogen-bond acceptors (Lipinski definition) is 6. The third kappa shape index (κ3) is 5.64. The van der Waals surface area contributed by atoms with Crippen molar-refractivity contribution >= 4 is 17.3 Å². The summed E-state index contributed by atoms with van der Waals surface area (Å²) in [5.74, 6) is 1.19. The summed E-state index contributed by atoms with van der Waals surface area (Å²) in [4.78, 5) is 15.1. The Morgan fingerprint density at radius 3 is 2.52 bits per heavy atom. The maximum atomic E-state index is 12.9. The minimum atomic E-state index is -0.148. The molecule has 0 aliphatic carbocycles. The molecule has 1 fully saturated rings. The second-order valence-corrected chi connectivity index (χ2v) is 7.64. The largest absolute Gasteiger partial charge is 0.492 e. The van der Waals surface area contributed by atoms with Gasteiger partial charge in [-0.1, -0.05) is 18.2 Å². The Hall–Kier alpha value is -3.52. The number of nitrogens with one attached hydrogen (secondary N) is 1. The van der Waals surface area contributed by atoms with Crippen LogP contribution in [0.3, 0.4) is 0 Å². The van der Waals surface area contributed by atoms with E-state index in [1.165, 1.54) is 0 Å². The topological polar surface area (TPSA) is 77.8 Å². The predicted octanol–water partition coefficient (Wildman–Crippen LogP) is 3.69. The molecule has 174 valence electrons. The zero-order valence-corrected chi connectivity index (χ0v) is 19.1. The number of para-hydroxylation sites is 1. The standard InChI is InChI=1S/C25H30N4O4/c1-3-32-23-16-22(28-10-12-31-13-11-28)24(33-4-2)15-21(23)27-25(30)14-19-17-26-29(18-19)20-8-6-5-7-9-20/h5-9,15-18H,3-4,10-14H2,1-2H3,(H,27,30). The summed E-state index contributed by atoms with van der Waals surface area (Å²) >= 11 is 0. The number of rotatable bonds is 9. The normalized spacial score (nSPS) is 13.6. The van der Waals surface area contributed by atoms with Crippen LogP contribution in [0, 0.1) is 0 Å². The van der Waals surface area contributed by atoms with E-state index in [4.69, 9.17) is 14.2 Å². The Kier molecular flexibility index (Phi) is 7.47. The fraction of sp³-hybridized carbons (Fsp3) is 0.360. The van der Waals surface area contributed by atoms with Gasteiger partial charge in [0.1, 0.15) is 11.5 Å². The van der Waals surface area contributed by atoms with Crippen molar-refractivity contribution in [2.45, 2.75) is 20.3 Å². The Morgan fingerprint density at radius 1 is 1.06 bits per heavy atom. The SMILES string of the molecule is CCOc1cc(N2CCOCC2)c(OCC)cc1NC(=O)Cc1cnn(-c2ccccc2)c1. The van der Waals surface area contributed by atoms with Crippen LogP contribution < -0.4 is 19.7 Å². The van der Waals surface area contributed by atoms with Crippen molar-refractivity contribution in [1.29, 1.82) is 0 Å². The lowest BCUT2D eigenvalue weighted by Gasteiger charge is -2.31. The molecule has 1 amide bonds. The third-order valence-corrected chi connectivity index (χ3v) is 5.31. The van der Waals surface area contributed by atoms with E-state index < -0.39 is 0 Å². The zero-order valence-electron chi connectivity index (χ0n) is 19.1. The maximum absolute atomic E-state index is 12.9. The Morgan fingerprint density at radius 2 is 1.79 bits per heavy atom. The van der Waals surface area contributed by atoms with Crippen LogP contribution in [0.4, 0.5) is 11.4 Å². The third-order valence-electron chi connectivity index (χ3n) is 5.31. The van der Waals surface area contributed by atoms with Gasteiger partial charge in [-0.3, -0.25) is 4.79 Å². The number of carbonyl (C=O) groups is 1. The number of hydrogen-bond donors (Lipinski definition) is 1. The highest BCUT2D eigenvalue weighted by Crippen LogP contribution is 2.39. The van der Waals surface area contributed by atoms with E-state index in [0.29, 0.717) is 37.9 Å². The fourth-order valence-electron chi connectivity index (χ4n) is 3.80. The number of aromatic nitrogens is 2. The summed E-state index contributed by atoms with van der Waals surface area (Å²) in [7, 11) is 0. The summed E-state index contributed by atoms with van der Waals surface area (Å²) in [6.45, 7) is 7.79. The highest BCUT2D eigenvalue weighted by atomic mass is 16.5. The first-order valence-electron chi connectivity index (χ1n) is 11.3. The molecule has 0 atom stereocenters. The molecule has 0 radical (unpaired) electrons. The molecule has 33 heavy (non-hydrogen) atoms. The van der Waals surface area contributed by atoms with E-state index in [0.717, 1.165) is 35.8 Å².